The molecule has 7 heteroatoms. The minimum absolute atomic E-state index is 0.109. The summed E-state index contributed by atoms with van der Waals surface area (Å²) >= 11 is 0. The molecule has 0 aliphatic rings. The lowest BCUT2D eigenvalue weighted by molar-refractivity contribution is -0.116. The molecule has 0 saturated heterocycles. The molecule has 1 aromatic carbocycles. The molecule has 2 amide bonds. The van der Waals surface area contributed by atoms with Crippen molar-refractivity contribution < 1.29 is 18.7 Å². The zero-order valence-corrected chi connectivity index (χ0v) is 11.6. The van der Waals surface area contributed by atoms with Gasteiger partial charge in [-0.15, -0.1) is 0 Å². The van der Waals surface area contributed by atoms with E-state index in [-0.39, 0.29) is 18.0 Å². The molecule has 0 aliphatic carbocycles. The van der Waals surface area contributed by atoms with Gasteiger partial charge in [-0.05, 0) is 37.6 Å². The average molecular weight is 291 g/mol. The van der Waals surface area contributed by atoms with Crippen LogP contribution in [-0.2, 0) is 9.53 Å². The smallest absolute Gasteiger partial charge is 0.414 e. The van der Waals surface area contributed by atoms with Crippen LogP contribution in [-0.4, -0.2) is 18.6 Å². The van der Waals surface area contributed by atoms with E-state index in [1.165, 1.54) is 18.2 Å². The maximum atomic E-state index is 12.9. The fraction of sp³-hybridized carbons (Fsp3) is 0.214. The minimum Gasteiger partial charge on any atom is -0.450 e. The van der Waals surface area contributed by atoms with Crippen molar-refractivity contribution >= 4 is 17.7 Å². The summed E-state index contributed by atoms with van der Waals surface area (Å²) < 4.78 is 17.5. The molecule has 0 radical (unpaired) electrons. The number of anilines is 1. The molecule has 0 aromatic heterocycles. The van der Waals surface area contributed by atoms with Gasteiger partial charge in [0.1, 0.15) is 17.5 Å². The first kappa shape index (κ1) is 16.2. The zero-order valence-electron chi connectivity index (χ0n) is 11.6. The third-order valence-corrected chi connectivity index (χ3v) is 2.42. The number of imide groups is 1. The molecule has 0 fully saturated rings. The number of hydrogen-bond acceptors (Lipinski definition) is 5. The zero-order chi connectivity index (χ0) is 15.8. The fourth-order valence-corrected chi connectivity index (χ4v) is 1.41. The van der Waals surface area contributed by atoms with Crippen LogP contribution < -0.4 is 10.6 Å². The van der Waals surface area contributed by atoms with Gasteiger partial charge in [0.15, 0.2) is 0 Å². The number of ether oxygens (including phenoxy) is 1. The van der Waals surface area contributed by atoms with Crippen molar-refractivity contribution in [3.8, 4) is 6.07 Å². The summed E-state index contributed by atoms with van der Waals surface area (Å²) in [4.78, 5) is 22.7. The van der Waals surface area contributed by atoms with Crippen molar-refractivity contribution in [3.05, 3.63) is 41.4 Å². The van der Waals surface area contributed by atoms with Crippen molar-refractivity contribution in [3.63, 3.8) is 0 Å². The normalized spacial score (nSPS) is 10.5. The number of carbonyl (C=O) groups is 2. The molecule has 0 saturated carbocycles. The van der Waals surface area contributed by atoms with Crippen LogP contribution in [0.3, 0.4) is 0 Å². The molecule has 21 heavy (non-hydrogen) atoms. The summed E-state index contributed by atoms with van der Waals surface area (Å²) in [5.41, 5.74) is 0.828. The third kappa shape index (κ3) is 4.95. The largest absolute Gasteiger partial charge is 0.450 e. The molecule has 0 unspecified atom stereocenters. The van der Waals surface area contributed by atoms with Crippen molar-refractivity contribution in [2.45, 2.75) is 13.8 Å². The lowest BCUT2D eigenvalue weighted by Gasteiger charge is -2.06. The van der Waals surface area contributed by atoms with Gasteiger partial charge in [0.25, 0.3) is 5.91 Å². The second-order valence-electron chi connectivity index (χ2n) is 3.95. The summed E-state index contributed by atoms with van der Waals surface area (Å²) in [5, 5.41) is 13.5. The van der Waals surface area contributed by atoms with E-state index in [2.05, 4.69) is 10.1 Å². The highest BCUT2D eigenvalue weighted by Gasteiger charge is 2.13. The van der Waals surface area contributed by atoms with Crippen molar-refractivity contribution in [2.75, 3.05) is 11.9 Å². The summed E-state index contributed by atoms with van der Waals surface area (Å²) in [7, 11) is 0. The quantitative estimate of drug-likeness (QED) is 0.655. The molecule has 6 nitrogen and oxygen atoms in total. The molecule has 0 heterocycles. The van der Waals surface area contributed by atoms with E-state index in [1.54, 1.807) is 19.9 Å². The molecule has 0 atom stereocenters. The fourth-order valence-electron chi connectivity index (χ4n) is 1.41. The monoisotopic (exact) mass is 291 g/mol. The second-order valence-corrected chi connectivity index (χ2v) is 3.95. The van der Waals surface area contributed by atoms with Gasteiger partial charge in [0.05, 0.1) is 6.61 Å². The van der Waals surface area contributed by atoms with Gasteiger partial charge in [-0.3, -0.25) is 10.1 Å². The number of aryl methyl sites for hydroxylation is 1. The van der Waals surface area contributed by atoms with Gasteiger partial charge in [-0.25, -0.2) is 9.18 Å². The lowest BCUT2D eigenvalue weighted by atomic mass is 10.2. The Morgan fingerprint density at radius 3 is 2.76 bits per heavy atom. The Morgan fingerprint density at radius 2 is 2.19 bits per heavy atom. The standard InChI is InChI=1S/C14H14FN3O3/c1-3-21-14(20)18-13(19)10(7-16)8-17-12-5-4-11(15)6-9(12)2/h4-6,8,17H,3H2,1-2H3,(H,18,19,20). The van der Waals surface area contributed by atoms with Gasteiger partial charge in [0, 0.05) is 11.9 Å². The van der Waals surface area contributed by atoms with Crippen LogP contribution in [0.2, 0.25) is 0 Å². The first-order valence-corrected chi connectivity index (χ1v) is 6.09. The van der Waals surface area contributed by atoms with E-state index in [1.807, 2.05) is 5.32 Å². The molecule has 110 valence electrons. The Hall–Kier alpha value is -2.88. The van der Waals surface area contributed by atoms with Crippen LogP contribution in [0.1, 0.15) is 12.5 Å². The Labute approximate surface area is 121 Å². The molecule has 0 aliphatic heterocycles. The van der Waals surface area contributed by atoms with Crippen LogP contribution >= 0.6 is 0 Å². The number of nitrogens with one attached hydrogen (secondary N) is 2. The Balaban J connectivity index is 2.78. The van der Waals surface area contributed by atoms with Gasteiger partial charge in [0.2, 0.25) is 0 Å². The number of nitriles is 1. The second kappa shape index (κ2) is 7.65. The van der Waals surface area contributed by atoms with Gasteiger partial charge in [-0.2, -0.15) is 5.26 Å². The van der Waals surface area contributed by atoms with Crippen LogP contribution in [0.5, 0.6) is 0 Å². The van der Waals surface area contributed by atoms with Crippen LogP contribution in [0.15, 0.2) is 30.0 Å². The SMILES string of the molecule is CCOC(=O)NC(=O)C(C#N)=CNc1ccc(F)cc1C. The first-order valence-electron chi connectivity index (χ1n) is 6.09. The number of halogens is 1. The van der Waals surface area contributed by atoms with Gasteiger partial charge in [-0.1, -0.05) is 0 Å². The molecule has 1 aromatic rings. The van der Waals surface area contributed by atoms with Gasteiger partial charge >= 0.3 is 6.09 Å². The molecule has 0 spiro atoms. The van der Waals surface area contributed by atoms with Crippen LogP contribution in [0.4, 0.5) is 14.9 Å². The molecule has 1 rings (SSSR count). The Kier molecular flexibility index (Phi) is 5.89. The number of nitrogens with zero attached hydrogens (tertiary/aromatic N) is 1. The van der Waals surface area contributed by atoms with Crippen molar-refractivity contribution in [1.82, 2.24) is 5.32 Å². The van der Waals surface area contributed by atoms with Crippen molar-refractivity contribution in [1.29, 1.82) is 5.26 Å². The number of rotatable bonds is 4. The van der Waals surface area contributed by atoms with E-state index in [0.29, 0.717) is 11.3 Å². The van der Waals surface area contributed by atoms with Crippen LogP contribution in [0.25, 0.3) is 0 Å². The average Bonchev–Trinajstić information content (AvgIpc) is 2.41. The lowest BCUT2D eigenvalue weighted by Crippen LogP contribution is -2.32. The number of alkyl carbamates (subject to hydrolysis) is 1. The van der Waals surface area contributed by atoms with Crippen LogP contribution in [0, 0.1) is 24.1 Å². The Morgan fingerprint density at radius 1 is 1.48 bits per heavy atom. The van der Waals surface area contributed by atoms with E-state index in [4.69, 9.17) is 5.26 Å². The summed E-state index contributed by atoms with van der Waals surface area (Å²) in [6, 6.07) is 5.68. The van der Waals surface area contributed by atoms with E-state index >= 15 is 0 Å². The highest BCUT2D eigenvalue weighted by atomic mass is 19.1. The molecule has 2 N–H and O–H groups in total. The minimum atomic E-state index is -0.929. The number of carbonyl (C=O) groups excluding carboxylic acids is 2. The summed E-state index contributed by atoms with van der Waals surface area (Å²) in [6.45, 7) is 3.37. The molecular formula is C14H14FN3O3. The molecule has 0 bridgehead atoms. The van der Waals surface area contributed by atoms with E-state index < -0.39 is 12.0 Å². The predicted octanol–water partition coefficient (Wildman–Crippen LogP) is 2.23. The number of hydrogen-bond donors (Lipinski definition) is 2. The number of amides is 2. The maximum absolute atomic E-state index is 12.9. The highest BCUT2D eigenvalue weighted by molar-refractivity contribution is 6.05. The van der Waals surface area contributed by atoms with Gasteiger partial charge < -0.3 is 10.1 Å². The highest BCUT2D eigenvalue weighted by Crippen LogP contribution is 2.15. The van der Waals surface area contributed by atoms with Crippen molar-refractivity contribution in [2.24, 2.45) is 0 Å². The third-order valence-electron chi connectivity index (χ3n) is 2.42. The number of benzene rings is 1. The first-order chi connectivity index (χ1) is 9.97. The summed E-state index contributed by atoms with van der Waals surface area (Å²) in [5.74, 6) is -1.27. The van der Waals surface area contributed by atoms with E-state index in [9.17, 15) is 14.0 Å². The predicted molar refractivity (Wildman–Crippen MR) is 73.6 cm³/mol. The Bertz CT molecular complexity index is 620. The van der Waals surface area contributed by atoms with E-state index in [0.717, 1.165) is 6.20 Å². The summed E-state index contributed by atoms with van der Waals surface area (Å²) in [6.07, 6.45) is 0.205. The topological polar surface area (TPSA) is 91.2 Å². The maximum Gasteiger partial charge on any atom is 0.414 e. The molecular weight excluding hydrogens is 277 g/mol.